The van der Waals surface area contributed by atoms with Crippen molar-refractivity contribution in [2.24, 2.45) is 0 Å². The Morgan fingerprint density at radius 1 is 1.06 bits per heavy atom. The van der Waals surface area contributed by atoms with Gasteiger partial charge in [0.25, 0.3) is 0 Å². The number of carbonyl (C=O) groups excluding carboxylic acids is 2. The molecule has 0 aromatic heterocycles. The van der Waals surface area contributed by atoms with Crippen molar-refractivity contribution in [2.75, 3.05) is 17.1 Å². The van der Waals surface area contributed by atoms with Crippen LogP contribution in [0.5, 0.6) is 0 Å². The maximum absolute atomic E-state index is 13.6. The Bertz CT molecular complexity index is 1090. The summed E-state index contributed by atoms with van der Waals surface area (Å²) in [5.74, 6) is -0.734. The number of amides is 2. The van der Waals surface area contributed by atoms with Gasteiger partial charge in [0, 0.05) is 17.6 Å². The zero-order valence-electron chi connectivity index (χ0n) is 20.4. The second kappa shape index (κ2) is 12.2. The van der Waals surface area contributed by atoms with E-state index in [4.69, 9.17) is 11.6 Å². The summed E-state index contributed by atoms with van der Waals surface area (Å²) < 4.78 is 26.3. The number of nitrogens with one attached hydrogen (secondary N) is 1. The van der Waals surface area contributed by atoms with Gasteiger partial charge in [-0.1, -0.05) is 61.8 Å². The number of anilines is 1. The Kier molecular flexibility index (Phi) is 9.94. The first-order chi connectivity index (χ1) is 16.0. The monoisotopic (exact) mass is 507 g/mol. The minimum Gasteiger partial charge on any atom is -0.352 e. The van der Waals surface area contributed by atoms with Crippen molar-refractivity contribution in [3.63, 3.8) is 0 Å². The highest BCUT2D eigenvalue weighted by Crippen LogP contribution is 2.25. The smallest absolute Gasteiger partial charge is 0.244 e. The molecule has 0 aliphatic rings. The molecule has 2 rings (SSSR count). The van der Waals surface area contributed by atoms with Crippen LogP contribution in [0.1, 0.15) is 44.7 Å². The average molecular weight is 508 g/mol. The van der Waals surface area contributed by atoms with Crippen LogP contribution in [0.3, 0.4) is 0 Å². The van der Waals surface area contributed by atoms with Gasteiger partial charge < -0.3 is 10.2 Å². The normalized spacial score (nSPS) is 13.1. The number of aryl methyl sites for hydroxylation is 1. The molecule has 0 heterocycles. The van der Waals surface area contributed by atoms with Gasteiger partial charge in [-0.2, -0.15) is 0 Å². The summed E-state index contributed by atoms with van der Waals surface area (Å²) in [5, 5.41) is 3.35. The largest absolute Gasteiger partial charge is 0.352 e. The third kappa shape index (κ3) is 7.46. The molecule has 0 spiro atoms. The summed E-state index contributed by atoms with van der Waals surface area (Å²) in [4.78, 5) is 28.1. The van der Waals surface area contributed by atoms with E-state index in [0.29, 0.717) is 17.1 Å². The van der Waals surface area contributed by atoms with Crippen molar-refractivity contribution in [1.82, 2.24) is 10.2 Å². The van der Waals surface area contributed by atoms with Crippen molar-refractivity contribution < 1.29 is 18.0 Å². The number of carbonyl (C=O) groups is 2. The standard InChI is InChI=1S/C25H34ClN3O4S/c1-6-19(4)27-25(31)23(7-2)28(16-20-11-9-8-10-12-20)24(30)17-29(34(5,32)33)21-14-13-18(3)22(26)15-21/h8-15,19,23H,6-7,16-17H2,1-5H3,(H,27,31)/t19-,23-/m0/s1. The van der Waals surface area contributed by atoms with E-state index in [1.807, 2.05) is 58.0 Å². The molecule has 2 atom stereocenters. The van der Waals surface area contributed by atoms with Crippen LogP contribution in [0.4, 0.5) is 5.69 Å². The number of nitrogens with zero attached hydrogens (tertiary/aromatic N) is 2. The zero-order valence-corrected chi connectivity index (χ0v) is 22.0. The first-order valence-corrected chi connectivity index (χ1v) is 13.6. The summed E-state index contributed by atoms with van der Waals surface area (Å²) >= 11 is 6.22. The van der Waals surface area contributed by atoms with Crippen LogP contribution in [0, 0.1) is 6.92 Å². The van der Waals surface area contributed by atoms with Gasteiger partial charge in [-0.3, -0.25) is 13.9 Å². The first-order valence-electron chi connectivity index (χ1n) is 11.4. The van der Waals surface area contributed by atoms with Crippen LogP contribution in [-0.2, 0) is 26.2 Å². The van der Waals surface area contributed by atoms with E-state index in [1.165, 1.54) is 11.0 Å². The summed E-state index contributed by atoms with van der Waals surface area (Å²) in [6.07, 6.45) is 2.18. The van der Waals surface area contributed by atoms with E-state index in [-0.39, 0.29) is 18.5 Å². The van der Waals surface area contributed by atoms with Gasteiger partial charge in [0.2, 0.25) is 21.8 Å². The number of rotatable bonds is 11. The Morgan fingerprint density at radius 3 is 2.24 bits per heavy atom. The fourth-order valence-corrected chi connectivity index (χ4v) is 4.51. The number of hydrogen-bond donors (Lipinski definition) is 1. The highest BCUT2D eigenvalue weighted by molar-refractivity contribution is 7.92. The lowest BCUT2D eigenvalue weighted by Gasteiger charge is -2.33. The fourth-order valence-electron chi connectivity index (χ4n) is 3.49. The summed E-state index contributed by atoms with van der Waals surface area (Å²) in [6, 6.07) is 13.4. The lowest BCUT2D eigenvalue weighted by molar-refractivity contribution is -0.140. The third-order valence-corrected chi connectivity index (χ3v) is 7.25. The van der Waals surface area contributed by atoms with E-state index >= 15 is 0 Å². The molecule has 0 radical (unpaired) electrons. The molecular weight excluding hydrogens is 474 g/mol. The van der Waals surface area contributed by atoms with Crippen LogP contribution < -0.4 is 9.62 Å². The highest BCUT2D eigenvalue weighted by atomic mass is 35.5. The molecule has 0 saturated carbocycles. The number of hydrogen-bond acceptors (Lipinski definition) is 4. The maximum Gasteiger partial charge on any atom is 0.244 e. The molecule has 0 aliphatic carbocycles. The molecule has 1 N–H and O–H groups in total. The van der Waals surface area contributed by atoms with Crippen molar-refractivity contribution >= 4 is 39.1 Å². The molecule has 9 heteroatoms. The molecule has 186 valence electrons. The molecule has 7 nitrogen and oxygen atoms in total. The quantitative estimate of drug-likeness (QED) is 0.495. The van der Waals surface area contributed by atoms with Crippen LogP contribution in [0.15, 0.2) is 48.5 Å². The molecule has 0 aliphatic heterocycles. The van der Waals surface area contributed by atoms with Crippen molar-refractivity contribution in [2.45, 2.75) is 59.2 Å². The molecule has 0 unspecified atom stereocenters. The molecule has 0 bridgehead atoms. The van der Waals surface area contributed by atoms with Crippen LogP contribution >= 0.6 is 11.6 Å². The fraction of sp³-hybridized carbons (Fsp3) is 0.440. The molecule has 2 aromatic rings. The third-order valence-electron chi connectivity index (χ3n) is 5.71. The van der Waals surface area contributed by atoms with Crippen LogP contribution in [0.2, 0.25) is 5.02 Å². The predicted octanol–water partition coefficient (Wildman–Crippen LogP) is 4.14. The van der Waals surface area contributed by atoms with Gasteiger partial charge in [-0.25, -0.2) is 8.42 Å². The Labute approximate surface area is 208 Å². The van der Waals surface area contributed by atoms with Crippen molar-refractivity contribution in [1.29, 1.82) is 0 Å². The number of benzene rings is 2. The van der Waals surface area contributed by atoms with Gasteiger partial charge in [0.15, 0.2) is 0 Å². The second-order valence-corrected chi connectivity index (χ2v) is 10.8. The number of halogens is 1. The summed E-state index contributed by atoms with van der Waals surface area (Å²) in [6.45, 7) is 7.25. The van der Waals surface area contributed by atoms with Gasteiger partial charge in [0.1, 0.15) is 12.6 Å². The minimum absolute atomic E-state index is 0.0440. The Morgan fingerprint density at radius 2 is 1.71 bits per heavy atom. The lowest BCUT2D eigenvalue weighted by Crippen LogP contribution is -2.53. The average Bonchev–Trinajstić information content (AvgIpc) is 2.78. The Balaban J connectivity index is 2.43. The molecule has 0 saturated heterocycles. The summed E-state index contributed by atoms with van der Waals surface area (Å²) in [5.41, 5.74) is 1.93. The van der Waals surface area contributed by atoms with Crippen molar-refractivity contribution in [3.05, 3.63) is 64.7 Å². The predicted molar refractivity (Wildman–Crippen MR) is 137 cm³/mol. The topological polar surface area (TPSA) is 86.8 Å². The number of sulfonamides is 1. The highest BCUT2D eigenvalue weighted by Gasteiger charge is 2.32. The summed E-state index contributed by atoms with van der Waals surface area (Å²) in [7, 11) is -3.80. The van der Waals surface area contributed by atoms with Gasteiger partial charge in [0.05, 0.1) is 11.9 Å². The van der Waals surface area contributed by atoms with Crippen LogP contribution in [-0.4, -0.2) is 50.0 Å². The van der Waals surface area contributed by atoms with E-state index in [9.17, 15) is 18.0 Å². The van der Waals surface area contributed by atoms with Gasteiger partial charge in [-0.05, 0) is 49.9 Å². The van der Waals surface area contributed by atoms with E-state index < -0.39 is 28.5 Å². The Hall–Kier alpha value is -2.58. The minimum atomic E-state index is -3.80. The molecule has 2 amide bonds. The first kappa shape index (κ1) is 27.7. The van der Waals surface area contributed by atoms with E-state index in [0.717, 1.165) is 28.1 Å². The molecule has 0 fully saturated rings. The lowest BCUT2D eigenvalue weighted by atomic mass is 10.1. The molecule has 2 aromatic carbocycles. The molecule has 34 heavy (non-hydrogen) atoms. The second-order valence-electron chi connectivity index (χ2n) is 8.45. The van der Waals surface area contributed by atoms with E-state index in [1.54, 1.807) is 12.1 Å². The van der Waals surface area contributed by atoms with E-state index in [2.05, 4.69) is 5.32 Å². The van der Waals surface area contributed by atoms with Crippen molar-refractivity contribution in [3.8, 4) is 0 Å². The maximum atomic E-state index is 13.6. The molecular formula is C25H34ClN3O4S. The van der Waals surface area contributed by atoms with Gasteiger partial charge >= 0.3 is 0 Å². The SMILES string of the molecule is CC[C@H](C)NC(=O)[C@H](CC)N(Cc1ccccc1)C(=O)CN(c1ccc(C)c(Cl)c1)S(C)(=O)=O. The van der Waals surface area contributed by atoms with Crippen LogP contribution in [0.25, 0.3) is 0 Å². The van der Waals surface area contributed by atoms with Gasteiger partial charge in [-0.15, -0.1) is 0 Å². The zero-order chi connectivity index (χ0) is 25.5.